The van der Waals surface area contributed by atoms with Crippen LogP contribution in [-0.4, -0.2) is 39.1 Å². The maximum absolute atomic E-state index is 13.0. The molecule has 0 saturated carbocycles. The highest BCUT2D eigenvalue weighted by Crippen LogP contribution is 2.33. The number of carbonyl (C=O) groups excluding carboxylic acids is 1. The maximum Gasteiger partial charge on any atom is 0.416 e. The topological polar surface area (TPSA) is 58.1 Å². The van der Waals surface area contributed by atoms with Gasteiger partial charge in [-0.05, 0) is 67.4 Å². The van der Waals surface area contributed by atoms with E-state index in [2.05, 4.69) is 15.3 Å². The highest BCUT2D eigenvalue weighted by Gasteiger charge is 2.30. The van der Waals surface area contributed by atoms with Crippen molar-refractivity contribution < 1.29 is 18.0 Å². The van der Waals surface area contributed by atoms with Crippen LogP contribution >= 0.6 is 11.8 Å². The Morgan fingerprint density at radius 1 is 0.944 bits per heavy atom. The Morgan fingerprint density at radius 2 is 1.72 bits per heavy atom. The molecule has 2 aromatic heterocycles. The van der Waals surface area contributed by atoms with E-state index >= 15 is 0 Å². The van der Waals surface area contributed by atoms with Crippen molar-refractivity contribution in [2.75, 3.05) is 18.4 Å². The van der Waals surface area contributed by atoms with E-state index in [4.69, 9.17) is 0 Å². The van der Waals surface area contributed by atoms with Crippen molar-refractivity contribution in [1.82, 2.24) is 14.9 Å². The summed E-state index contributed by atoms with van der Waals surface area (Å²) in [7, 11) is 0. The molecule has 1 N–H and O–H groups in total. The summed E-state index contributed by atoms with van der Waals surface area (Å²) in [6.07, 6.45) is 0.670. The molecule has 1 saturated heterocycles. The molecule has 0 unspecified atom stereocenters. The second-order valence-corrected chi connectivity index (χ2v) is 9.89. The molecule has 5 rings (SSSR count). The van der Waals surface area contributed by atoms with Crippen LogP contribution in [-0.2, 0) is 6.18 Å². The standard InChI is InChI=1S/C27H23F3N4OS/c28-27(29,30)19-6-9-22-23(10-14-31-24(22)17-19)33-20-7-4-18(5-8-20)26(35)34-15-11-21(12-16-34)36-25-3-1-2-13-32-25/h1-10,13-14,17,21H,11-12,15-16H2,(H,31,33). The molecule has 0 aliphatic carbocycles. The van der Waals surface area contributed by atoms with Crippen molar-refractivity contribution in [3.63, 3.8) is 0 Å². The molecule has 184 valence electrons. The number of fused-ring (bicyclic) bond motifs is 1. The van der Waals surface area contributed by atoms with Crippen LogP contribution in [0.15, 0.2) is 84.1 Å². The van der Waals surface area contributed by atoms with Crippen LogP contribution in [0, 0.1) is 0 Å². The molecule has 1 amide bonds. The molecule has 2 aromatic carbocycles. The lowest BCUT2D eigenvalue weighted by atomic mass is 10.1. The van der Waals surface area contributed by atoms with E-state index in [9.17, 15) is 18.0 Å². The van der Waals surface area contributed by atoms with Crippen LogP contribution in [0.25, 0.3) is 10.9 Å². The quantitative estimate of drug-likeness (QED) is 0.322. The zero-order chi connectivity index (χ0) is 25.1. The molecule has 36 heavy (non-hydrogen) atoms. The lowest BCUT2D eigenvalue weighted by Gasteiger charge is -2.31. The van der Waals surface area contributed by atoms with E-state index in [1.165, 1.54) is 12.3 Å². The Labute approximate surface area is 210 Å². The molecular weight excluding hydrogens is 485 g/mol. The van der Waals surface area contributed by atoms with Crippen molar-refractivity contribution >= 4 is 39.9 Å². The van der Waals surface area contributed by atoms with Crippen LogP contribution < -0.4 is 5.32 Å². The number of nitrogens with zero attached hydrogens (tertiary/aromatic N) is 3. The number of aromatic nitrogens is 2. The largest absolute Gasteiger partial charge is 0.416 e. The van der Waals surface area contributed by atoms with Gasteiger partial charge in [-0.15, -0.1) is 11.8 Å². The van der Waals surface area contributed by atoms with Gasteiger partial charge in [-0.3, -0.25) is 9.78 Å². The number of nitrogens with one attached hydrogen (secondary N) is 1. The van der Waals surface area contributed by atoms with E-state index < -0.39 is 11.7 Å². The summed E-state index contributed by atoms with van der Waals surface area (Å²) in [6.45, 7) is 1.40. The van der Waals surface area contributed by atoms with Gasteiger partial charge in [0.1, 0.15) is 0 Å². The molecule has 0 spiro atoms. The maximum atomic E-state index is 13.0. The highest BCUT2D eigenvalue weighted by molar-refractivity contribution is 7.99. The van der Waals surface area contributed by atoms with Crippen LogP contribution in [0.3, 0.4) is 0 Å². The molecule has 1 aliphatic rings. The average Bonchev–Trinajstić information content (AvgIpc) is 2.89. The number of halogens is 3. The highest BCUT2D eigenvalue weighted by atomic mass is 32.2. The number of amides is 1. The summed E-state index contributed by atoms with van der Waals surface area (Å²) in [5.41, 5.74) is 1.49. The summed E-state index contributed by atoms with van der Waals surface area (Å²) in [5, 5.41) is 5.26. The first kappa shape index (κ1) is 24.1. The molecule has 1 aliphatic heterocycles. The van der Waals surface area contributed by atoms with Gasteiger partial charge in [-0.25, -0.2) is 4.98 Å². The van der Waals surface area contributed by atoms with Crippen molar-refractivity contribution in [2.24, 2.45) is 0 Å². The molecule has 0 bridgehead atoms. The SMILES string of the molecule is O=C(c1ccc(Nc2ccnc3cc(C(F)(F)F)ccc23)cc1)N1CCC(Sc2ccccn2)CC1. The fourth-order valence-corrected chi connectivity index (χ4v) is 5.30. The molecule has 1 fully saturated rings. The number of alkyl halides is 3. The molecule has 4 aromatic rings. The zero-order valence-electron chi connectivity index (χ0n) is 19.2. The molecule has 3 heterocycles. The molecule has 0 radical (unpaired) electrons. The second-order valence-electron chi connectivity index (χ2n) is 8.57. The Balaban J connectivity index is 1.22. The molecular formula is C27H23F3N4OS. The summed E-state index contributed by atoms with van der Waals surface area (Å²) in [5.74, 6) is -0.00289. The van der Waals surface area contributed by atoms with Gasteiger partial charge in [0.05, 0.1) is 16.1 Å². The minimum atomic E-state index is -4.42. The number of carbonyl (C=O) groups is 1. The lowest BCUT2D eigenvalue weighted by molar-refractivity contribution is -0.137. The number of hydrogen-bond acceptors (Lipinski definition) is 5. The molecule has 0 atom stereocenters. The lowest BCUT2D eigenvalue weighted by Crippen LogP contribution is -2.39. The van der Waals surface area contributed by atoms with Gasteiger partial charge < -0.3 is 10.2 Å². The van der Waals surface area contributed by atoms with Crippen molar-refractivity contribution in [2.45, 2.75) is 29.3 Å². The number of pyridine rings is 2. The molecule has 9 heteroatoms. The van der Waals surface area contributed by atoms with E-state index in [0.717, 1.165) is 35.7 Å². The van der Waals surface area contributed by atoms with E-state index in [1.54, 1.807) is 48.3 Å². The fraction of sp³-hybridized carbons (Fsp3) is 0.222. The Kier molecular flexibility index (Phi) is 6.82. The number of hydrogen-bond donors (Lipinski definition) is 1. The number of anilines is 2. The number of likely N-dealkylation sites (tertiary alicyclic amines) is 1. The number of piperidine rings is 1. The van der Waals surface area contributed by atoms with Gasteiger partial charge in [0.25, 0.3) is 5.91 Å². The number of rotatable bonds is 5. The van der Waals surface area contributed by atoms with E-state index in [1.807, 2.05) is 23.1 Å². The van der Waals surface area contributed by atoms with Gasteiger partial charge in [0.15, 0.2) is 0 Å². The Morgan fingerprint density at radius 3 is 2.42 bits per heavy atom. The van der Waals surface area contributed by atoms with Crippen LogP contribution in [0.1, 0.15) is 28.8 Å². The minimum absolute atomic E-state index is 0.00289. The van der Waals surface area contributed by atoms with Crippen molar-refractivity contribution in [3.05, 3.63) is 90.3 Å². The van der Waals surface area contributed by atoms with Gasteiger partial charge in [0.2, 0.25) is 0 Å². The summed E-state index contributed by atoms with van der Waals surface area (Å²) in [6, 6.07) is 18.2. The number of benzene rings is 2. The number of thioether (sulfide) groups is 1. The third kappa shape index (κ3) is 5.46. The zero-order valence-corrected chi connectivity index (χ0v) is 20.0. The minimum Gasteiger partial charge on any atom is -0.355 e. The smallest absolute Gasteiger partial charge is 0.355 e. The van der Waals surface area contributed by atoms with Crippen LogP contribution in [0.4, 0.5) is 24.5 Å². The second kappa shape index (κ2) is 10.2. The summed E-state index contributed by atoms with van der Waals surface area (Å²) in [4.78, 5) is 23.3. The van der Waals surface area contributed by atoms with Gasteiger partial charge >= 0.3 is 6.18 Å². The summed E-state index contributed by atoms with van der Waals surface area (Å²) < 4.78 is 39.1. The van der Waals surface area contributed by atoms with E-state index in [0.29, 0.717) is 35.0 Å². The van der Waals surface area contributed by atoms with Crippen molar-refractivity contribution in [3.8, 4) is 0 Å². The monoisotopic (exact) mass is 508 g/mol. The van der Waals surface area contributed by atoms with Gasteiger partial charge in [-0.1, -0.05) is 12.1 Å². The molecule has 5 nitrogen and oxygen atoms in total. The van der Waals surface area contributed by atoms with Crippen molar-refractivity contribution in [1.29, 1.82) is 0 Å². The predicted molar refractivity (Wildman–Crippen MR) is 135 cm³/mol. The predicted octanol–water partition coefficient (Wildman–Crippen LogP) is 6.79. The van der Waals surface area contributed by atoms with Gasteiger partial charge in [0, 0.05) is 53.1 Å². The van der Waals surface area contributed by atoms with E-state index in [-0.39, 0.29) is 11.4 Å². The summed E-state index contributed by atoms with van der Waals surface area (Å²) >= 11 is 1.76. The normalized spacial score (nSPS) is 14.7. The Bertz CT molecular complexity index is 1360. The Hall–Kier alpha value is -3.59. The van der Waals surface area contributed by atoms with Crippen LogP contribution in [0.5, 0.6) is 0 Å². The van der Waals surface area contributed by atoms with Crippen LogP contribution in [0.2, 0.25) is 0 Å². The first-order valence-electron chi connectivity index (χ1n) is 11.6. The third-order valence-corrected chi connectivity index (χ3v) is 7.42. The first-order valence-corrected chi connectivity index (χ1v) is 12.4. The third-order valence-electron chi connectivity index (χ3n) is 6.14. The average molecular weight is 509 g/mol. The first-order chi connectivity index (χ1) is 17.4. The fourth-order valence-electron chi connectivity index (χ4n) is 4.23. The van der Waals surface area contributed by atoms with Gasteiger partial charge in [-0.2, -0.15) is 13.2 Å².